The van der Waals surface area contributed by atoms with Gasteiger partial charge in [0.05, 0.1) is 23.8 Å². The van der Waals surface area contributed by atoms with Crippen LogP contribution in [0.4, 0.5) is 5.13 Å². The minimum absolute atomic E-state index is 0.207. The third kappa shape index (κ3) is 4.29. The van der Waals surface area contributed by atoms with Gasteiger partial charge in [0.15, 0.2) is 5.13 Å². The number of thiazole rings is 1. The van der Waals surface area contributed by atoms with Crippen molar-refractivity contribution in [1.29, 1.82) is 0 Å². The van der Waals surface area contributed by atoms with Gasteiger partial charge in [0.1, 0.15) is 0 Å². The number of sulfonamides is 1. The zero-order valence-corrected chi connectivity index (χ0v) is 18.0. The first kappa shape index (κ1) is 20.7. The maximum Gasteiger partial charge on any atom is 0.257 e. The second-order valence-electron chi connectivity index (χ2n) is 6.85. The summed E-state index contributed by atoms with van der Waals surface area (Å²) in [6.07, 6.45) is 0. The lowest BCUT2D eigenvalue weighted by Gasteiger charge is -2.26. The summed E-state index contributed by atoms with van der Waals surface area (Å²) in [6.45, 7) is 3.43. The molecule has 1 aliphatic rings. The lowest BCUT2D eigenvalue weighted by atomic mass is 10.1. The highest BCUT2D eigenvalue weighted by Crippen LogP contribution is 2.27. The van der Waals surface area contributed by atoms with Crippen molar-refractivity contribution in [3.63, 3.8) is 0 Å². The molecular weight excluding hydrogens is 422 g/mol. The normalized spacial score (nSPS) is 15.1. The fraction of sp³-hybridized carbons (Fsp3) is 0.238. The van der Waals surface area contributed by atoms with E-state index in [0.717, 1.165) is 11.1 Å². The zero-order chi connectivity index (χ0) is 21.1. The van der Waals surface area contributed by atoms with Gasteiger partial charge < -0.3 is 4.74 Å². The van der Waals surface area contributed by atoms with Crippen LogP contribution < -0.4 is 5.32 Å². The summed E-state index contributed by atoms with van der Waals surface area (Å²) in [7, 11) is -3.53. The number of carbonyl (C=O) groups is 1. The van der Waals surface area contributed by atoms with Crippen LogP contribution in [0.15, 0.2) is 58.8 Å². The Hall–Kier alpha value is -2.59. The van der Waals surface area contributed by atoms with Crippen LogP contribution in [-0.2, 0) is 14.8 Å². The molecule has 4 rings (SSSR count). The molecule has 0 atom stereocenters. The number of aromatic nitrogens is 1. The Kier molecular flexibility index (Phi) is 5.96. The van der Waals surface area contributed by atoms with Crippen LogP contribution in [0.2, 0.25) is 0 Å². The third-order valence-corrected chi connectivity index (χ3v) is 7.54. The van der Waals surface area contributed by atoms with Gasteiger partial charge in [0.2, 0.25) is 10.0 Å². The highest BCUT2D eigenvalue weighted by molar-refractivity contribution is 7.89. The van der Waals surface area contributed by atoms with Gasteiger partial charge in [0.25, 0.3) is 5.91 Å². The molecule has 1 aromatic heterocycles. The van der Waals surface area contributed by atoms with E-state index in [9.17, 15) is 13.2 Å². The fourth-order valence-corrected chi connectivity index (χ4v) is 5.31. The van der Waals surface area contributed by atoms with Crippen molar-refractivity contribution in [3.05, 3.63) is 65.0 Å². The molecule has 2 aromatic carbocycles. The first-order chi connectivity index (χ1) is 14.4. The van der Waals surface area contributed by atoms with Gasteiger partial charge in [-0.2, -0.15) is 4.31 Å². The number of nitrogens with zero attached hydrogens (tertiary/aromatic N) is 2. The molecule has 1 aliphatic heterocycles. The van der Waals surface area contributed by atoms with Crippen LogP contribution in [0.5, 0.6) is 0 Å². The minimum atomic E-state index is -3.53. The molecule has 1 N–H and O–H groups in total. The Morgan fingerprint density at radius 1 is 1.10 bits per heavy atom. The molecule has 0 radical (unpaired) electrons. The lowest BCUT2D eigenvalue weighted by Crippen LogP contribution is -2.40. The molecule has 3 aromatic rings. The number of benzene rings is 2. The van der Waals surface area contributed by atoms with E-state index in [1.807, 2.05) is 30.5 Å². The lowest BCUT2D eigenvalue weighted by molar-refractivity contribution is 0.0730. The van der Waals surface area contributed by atoms with Crippen molar-refractivity contribution in [3.8, 4) is 11.3 Å². The van der Waals surface area contributed by atoms with E-state index >= 15 is 0 Å². The number of nitrogens with one attached hydrogen (secondary N) is 1. The van der Waals surface area contributed by atoms with Gasteiger partial charge in [-0.15, -0.1) is 11.3 Å². The van der Waals surface area contributed by atoms with Crippen molar-refractivity contribution in [2.24, 2.45) is 0 Å². The predicted molar refractivity (Wildman–Crippen MR) is 116 cm³/mol. The van der Waals surface area contributed by atoms with Gasteiger partial charge in [-0.3, -0.25) is 10.1 Å². The molecule has 7 nitrogen and oxygen atoms in total. The van der Waals surface area contributed by atoms with Gasteiger partial charge in [-0.25, -0.2) is 13.4 Å². The van der Waals surface area contributed by atoms with Crippen molar-refractivity contribution in [2.45, 2.75) is 11.8 Å². The molecule has 30 heavy (non-hydrogen) atoms. The zero-order valence-electron chi connectivity index (χ0n) is 16.4. The molecule has 0 aliphatic carbocycles. The van der Waals surface area contributed by atoms with E-state index in [2.05, 4.69) is 10.3 Å². The Morgan fingerprint density at radius 3 is 2.50 bits per heavy atom. The fourth-order valence-electron chi connectivity index (χ4n) is 3.19. The van der Waals surface area contributed by atoms with Gasteiger partial charge in [-0.05, 0) is 30.7 Å². The van der Waals surface area contributed by atoms with E-state index in [-0.39, 0.29) is 10.8 Å². The van der Waals surface area contributed by atoms with Crippen LogP contribution >= 0.6 is 11.3 Å². The highest BCUT2D eigenvalue weighted by Gasteiger charge is 2.26. The number of anilines is 1. The van der Waals surface area contributed by atoms with E-state index in [4.69, 9.17) is 4.74 Å². The second-order valence-corrected chi connectivity index (χ2v) is 9.64. The van der Waals surface area contributed by atoms with Crippen molar-refractivity contribution < 1.29 is 17.9 Å². The minimum Gasteiger partial charge on any atom is -0.379 e. The van der Waals surface area contributed by atoms with Gasteiger partial charge in [-0.1, -0.05) is 30.3 Å². The number of aryl methyl sites for hydroxylation is 1. The second kappa shape index (κ2) is 8.65. The maximum atomic E-state index is 12.7. The molecule has 1 saturated heterocycles. The summed E-state index contributed by atoms with van der Waals surface area (Å²) >= 11 is 1.32. The van der Waals surface area contributed by atoms with E-state index < -0.39 is 10.0 Å². The van der Waals surface area contributed by atoms with Crippen molar-refractivity contribution in [2.75, 3.05) is 31.6 Å². The summed E-state index contributed by atoms with van der Waals surface area (Å²) in [4.78, 5) is 17.2. The molecule has 0 unspecified atom stereocenters. The van der Waals surface area contributed by atoms with E-state index in [1.165, 1.54) is 15.6 Å². The predicted octanol–water partition coefficient (Wildman–Crippen LogP) is 3.39. The summed E-state index contributed by atoms with van der Waals surface area (Å²) in [5.41, 5.74) is 2.95. The molecule has 1 amide bonds. The highest BCUT2D eigenvalue weighted by atomic mass is 32.2. The summed E-state index contributed by atoms with van der Waals surface area (Å²) < 4.78 is 32.1. The molecule has 0 saturated carbocycles. The van der Waals surface area contributed by atoms with E-state index in [1.54, 1.807) is 30.3 Å². The molecule has 156 valence electrons. The van der Waals surface area contributed by atoms with Crippen LogP contribution in [-0.4, -0.2) is 49.9 Å². The van der Waals surface area contributed by atoms with E-state index in [0.29, 0.717) is 42.7 Å². The number of carbonyl (C=O) groups excluding carboxylic acids is 1. The monoisotopic (exact) mass is 443 g/mol. The Morgan fingerprint density at radius 2 is 1.80 bits per heavy atom. The van der Waals surface area contributed by atoms with Crippen molar-refractivity contribution in [1.82, 2.24) is 9.29 Å². The average molecular weight is 444 g/mol. The molecule has 2 heterocycles. The Bertz CT molecular complexity index is 1150. The summed E-state index contributed by atoms with van der Waals surface area (Å²) in [6, 6.07) is 14.0. The smallest absolute Gasteiger partial charge is 0.257 e. The summed E-state index contributed by atoms with van der Waals surface area (Å²) in [5.74, 6) is -0.207. The van der Waals surface area contributed by atoms with Crippen LogP contribution in [0, 0.1) is 6.92 Å². The molecule has 9 heteroatoms. The summed E-state index contributed by atoms with van der Waals surface area (Å²) in [5, 5.41) is 5.14. The number of morpholine rings is 1. The van der Waals surface area contributed by atoms with Crippen LogP contribution in [0.3, 0.4) is 0 Å². The largest absolute Gasteiger partial charge is 0.379 e. The third-order valence-electron chi connectivity index (χ3n) is 4.87. The van der Waals surface area contributed by atoms with Crippen LogP contribution in [0.1, 0.15) is 15.9 Å². The number of hydrogen-bond acceptors (Lipinski definition) is 6. The van der Waals surface area contributed by atoms with Gasteiger partial charge in [0, 0.05) is 29.6 Å². The first-order valence-electron chi connectivity index (χ1n) is 9.46. The number of rotatable bonds is 5. The van der Waals surface area contributed by atoms with Crippen molar-refractivity contribution >= 4 is 32.4 Å². The maximum absolute atomic E-state index is 12.7. The molecule has 0 bridgehead atoms. The Labute approximate surface area is 179 Å². The topological polar surface area (TPSA) is 88.6 Å². The van der Waals surface area contributed by atoms with Gasteiger partial charge >= 0.3 is 0 Å². The molecular formula is C21H21N3O4S2. The Balaban J connectivity index is 1.48. The van der Waals surface area contributed by atoms with Crippen LogP contribution in [0.25, 0.3) is 11.3 Å². The number of hydrogen-bond donors (Lipinski definition) is 1. The molecule has 0 spiro atoms. The number of ether oxygens (including phenoxy) is 1. The first-order valence-corrected chi connectivity index (χ1v) is 11.8. The standard InChI is InChI=1S/C21H21N3O4S2/c1-15-4-2-3-5-18(15)20(25)23-21-22-19(14-29-21)16-6-8-17(9-7-16)30(26,27)24-10-12-28-13-11-24/h2-9,14H,10-13H2,1H3,(H,22,23,25). The molecule has 1 fully saturated rings. The quantitative estimate of drug-likeness (QED) is 0.653. The average Bonchev–Trinajstić information content (AvgIpc) is 3.23. The SMILES string of the molecule is Cc1ccccc1C(=O)Nc1nc(-c2ccc(S(=O)(=O)N3CCOCC3)cc2)cs1. The number of amides is 1.